The zero-order chi connectivity index (χ0) is 17.7. The van der Waals surface area contributed by atoms with Crippen LogP contribution in [0.25, 0.3) is 6.08 Å². The summed E-state index contributed by atoms with van der Waals surface area (Å²) in [5.74, 6) is -0.140. The molecule has 0 spiro atoms. The Kier molecular flexibility index (Phi) is 5.77. The molecule has 1 aromatic rings. The second kappa shape index (κ2) is 7.61. The number of nitrogens with zero attached hydrogens (tertiary/aromatic N) is 4. The highest BCUT2D eigenvalue weighted by Gasteiger charge is 2.35. The average Bonchev–Trinajstić information content (AvgIpc) is 2.95. The molecule has 0 saturated carbocycles. The van der Waals surface area contributed by atoms with Crippen LogP contribution in [0.1, 0.15) is 31.2 Å². The number of hydrogen-bond acceptors (Lipinski definition) is 4. The van der Waals surface area contributed by atoms with Gasteiger partial charge in [0.2, 0.25) is 11.8 Å². The van der Waals surface area contributed by atoms with Gasteiger partial charge in [-0.2, -0.15) is 5.10 Å². The maximum absolute atomic E-state index is 12.3. The number of carbonyl (C=O) groups is 2. The molecule has 1 aliphatic rings. The minimum atomic E-state index is -0.984. The number of β-amino-alcohol motifs (C(OH)–C–C–N with tert-alkyl or cyclic N) is 1. The quantitative estimate of drug-likeness (QED) is 0.802. The van der Waals surface area contributed by atoms with Crippen LogP contribution < -0.4 is 0 Å². The largest absolute Gasteiger partial charge is 0.388 e. The summed E-state index contributed by atoms with van der Waals surface area (Å²) in [6.07, 6.45) is 8.75. The molecule has 1 fully saturated rings. The lowest BCUT2D eigenvalue weighted by Crippen LogP contribution is -2.50. The molecule has 0 radical (unpaired) electrons. The highest BCUT2D eigenvalue weighted by atomic mass is 16.3. The van der Waals surface area contributed by atoms with E-state index in [1.807, 2.05) is 13.2 Å². The van der Waals surface area contributed by atoms with Crippen molar-refractivity contribution in [3.05, 3.63) is 24.0 Å². The van der Waals surface area contributed by atoms with E-state index in [2.05, 4.69) is 5.10 Å². The second-order valence-electron chi connectivity index (χ2n) is 6.66. The first kappa shape index (κ1) is 18.2. The second-order valence-corrected chi connectivity index (χ2v) is 6.66. The molecule has 1 aliphatic heterocycles. The Bertz CT molecular complexity index is 623. The van der Waals surface area contributed by atoms with Gasteiger partial charge in [-0.25, -0.2) is 0 Å². The molecule has 1 N–H and O–H groups in total. The number of aliphatic hydroxyl groups is 1. The third-order valence-corrected chi connectivity index (χ3v) is 4.31. The summed E-state index contributed by atoms with van der Waals surface area (Å²) in [6, 6.07) is 0. The average molecular weight is 334 g/mol. The molecular formula is C17H26N4O3. The highest BCUT2D eigenvalue weighted by molar-refractivity contribution is 5.91. The Balaban J connectivity index is 1.92. The van der Waals surface area contributed by atoms with E-state index in [9.17, 15) is 14.7 Å². The molecule has 0 unspecified atom stereocenters. The van der Waals surface area contributed by atoms with Gasteiger partial charge in [-0.3, -0.25) is 14.3 Å². The van der Waals surface area contributed by atoms with Crippen molar-refractivity contribution in [1.29, 1.82) is 0 Å². The zero-order valence-electron chi connectivity index (χ0n) is 14.6. The van der Waals surface area contributed by atoms with Crippen LogP contribution in [0.5, 0.6) is 0 Å². The lowest BCUT2D eigenvalue weighted by Gasteiger charge is -2.39. The lowest BCUT2D eigenvalue weighted by atomic mass is 9.88. The van der Waals surface area contributed by atoms with E-state index in [0.29, 0.717) is 19.4 Å². The van der Waals surface area contributed by atoms with Crippen molar-refractivity contribution < 1.29 is 14.7 Å². The molecule has 7 heteroatoms. The fraction of sp³-hybridized carbons (Fsp3) is 0.588. The van der Waals surface area contributed by atoms with Gasteiger partial charge in [-0.05, 0) is 25.3 Å². The summed E-state index contributed by atoms with van der Waals surface area (Å²) in [5.41, 5.74) is -0.128. The van der Waals surface area contributed by atoms with E-state index < -0.39 is 5.60 Å². The first-order chi connectivity index (χ1) is 11.3. The summed E-state index contributed by atoms with van der Waals surface area (Å²) >= 11 is 0. The first-order valence-corrected chi connectivity index (χ1v) is 8.17. The Morgan fingerprint density at radius 1 is 1.46 bits per heavy atom. The number of likely N-dealkylation sites (tertiary alicyclic amines) is 1. The normalized spacial score (nSPS) is 21.2. The number of piperidine rings is 1. The van der Waals surface area contributed by atoms with Crippen LogP contribution >= 0.6 is 0 Å². The van der Waals surface area contributed by atoms with Gasteiger partial charge >= 0.3 is 0 Å². The van der Waals surface area contributed by atoms with E-state index >= 15 is 0 Å². The first-order valence-electron chi connectivity index (χ1n) is 8.17. The van der Waals surface area contributed by atoms with Crippen LogP contribution in [0.3, 0.4) is 0 Å². The standard InChI is InChI=1S/C17H26N4O3/c1-19(2)15(22)7-9-17(24)8-4-10-21(13-17)16(23)6-5-14-11-18-20(3)12-14/h5-6,11-12,24H,4,7-10,13H2,1-3H3/b6-5+/t17-/m0/s1. The van der Waals surface area contributed by atoms with Crippen molar-refractivity contribution in [2.45, 2.75) is 31.3 Å². The van der Waals surface area contributed by atoms with Gasteiger partial charge in [0.1, 0.15) is 0 Å². The Morgan fingerprint density at radius 3 is 2.83 bits per heavy atom. The molecule has 1 aromatic heterocycles. The molecule has 1 saturated heterocycles. The topological polar surface area (TPSA) is 78.7 Å². The van der Waals surface area contributed by atoms with Crippen LogP contribution in [0.2, 0.25) is 0 Å². The minimum absolute atomic E-state index is 0.0108. The minimum Gasteiger partial charge on any atom is -0.388 e. The molecule has 1 atom stereocenters. The predicted molar refractivity (Wildman–Crippen MR) is 90.9 cm³/mol. The van der Waals surface area contributed by atoms with Crippen molar-refractivity contribution in [3.8, 4) is 0 Å². The molecule has 24 heavy (non-hydrogen) atoms. The maximum atomic E-state index is 12.3. The molecule has 2 rings (SSSR count). The van der Waals surface area contributed by atoms with Gasteiger partial charge in [-0.15, -0.1) is 0 Å². The van der Waals surface area contributed by atoms with Crippen molar-refractivity contribution in [2.75, 3.05) is 27.2 Å². The van der Waals surface area contributed by atoms with Crippen molar-refractivity contribution in [2.24, 2.45) is 7.05 Å². The fourth-order valence-electron chi connectivity index (χ4n) is 2.87. The van der Waals surface area contributed by atoms with Crippen LogP contribution in [-0.4, -0.2) is 69.3 Å². The number of amides is 2. The molecule has 2 heterocycles. The van der Waals surface area contributed by atoms with E-state index in [4.69, 9.17) is 0 Å². The van der Waals surface area contributed by atoms with E-state index in [1.165, 1.54) is 11.0 Å². The summed E-state index contributed by atoms with van der Waals surface area (Å²) in [5, 5.41) is 14.8. The molecular weight excluding hydrogens is 308 g/mol. The number of hydrogen-bond donors (Lipinski definition) is 1. The number of aryl methyl sites for hydroxylation is 1. The molecule has 0 aliphatic carbocycles. The van der Waals surface area contributed by atoms with E-state index in [1.54, 1.807) is 35.9 Å². The highest BCUT2D eigenvalue weighted by Crippen LogP contribution is 2.26. The van der Waals surface area contributed by atoms with Gasteiger partial charge in [0, 0.05) is 58.5 Å². The van der Waals surface area contributed by atoms with Crippen LogP contribution in [0.15, 0.2) is 18.5 Å². The molecule has 2 amide bonds. The fourth-order valence-corrected chi connectivity index (χ4v) is 2.87. The van der Waals surface area contributed by atoms with Crippen LogP contribution in [-0.2, 0) is 16.6 Å². The van der Waals surface area contributed by atoms with Crippen molar-refractivity contribution in [1.82, 2.24) is 19.6 Å². The van der Waals surface area contributed by atoms with Gasteiger partial charge in [0.25, 0.3) is 0 Å². The summed E-state index contributed by atoms with van der Waals surface area (Å²) < 4.78 is 1.67. The van der Waals surface area contributed by atoms with Gasteiger partial charge < -0.3 is 14.9 Å². The van der Waals surface area contributed by atoms with Crippen molar-refractivity contribution >= 4 is 17.9 Å². The smallest absolute Gasteiger partial charge is 0.246 e. The SMILES string of the molecule is CN(C)C(=O)CC[C@@]1(O)CCCN(C(=O)/C=C/c2cnn(C)c2)C1. The molecule has 132 valence electrons. The summed E-state index contributed by atoms with van der Waals surface area (Å²) in [7, 11) is 5.22. The van der Waals surface area contributed by atoms with Gasteiger partial charge in [-0.1, -0.05) is 0 Å². The monoisotopic (exact) mass is 334 g/mol. The van der Waals surface area contributed by atoms with Gasteiger partial charge in [0.15, 0.2) is 0 Å². The lowest BCUT2D eigenvalue weighted by molar-refractivity contribution is -0.135. The summed E-state index contributed by atoms with van der Waals surface area (Å²) in [6.45, 7) is 0.893. The van der Waals surface area contributed by atoms with Crippen LogP contribution in [0.4, 0.5) is 0 Å². The third-order valence-electron chi connectivity index (χ3n) is 4.31. The zero-order valence-corrected chi connectivity index (χ0v) is 14.6. The molecule has 7 nitrogen and oxygen atoms in total. The molecule has 0 aromatic carbocycles. The number of rotatable bonds is 5. The Hall–Kier alpha value is -2.15. The van der Waals surface area contributed by atoms with E-state index in [0.717, 1.165) is 12.0 Å². The molecule has 0 bridgehead atoms. The van der Waals surface area contributed by atoms with Crippen LogP contribution in [0, 0.1) is 0 Å². The maximum Gasteiger partial charge on any atom is 0.246 e. The summed E-state index contributed by atoms with van der Waals surface area (Å²) in [4.78, 5) is 27.2. The van der Waals surface area contributed by atoms with Gasteiger partial charge in [0.05, 0.1) is 11.8 Å². The van der Waals surface area contributed by atoms with Crippen molar-refractivity contribution in [3.63, 3.8) is 0 Å². The third kappa shape index (κ3) is 4.92. The Morgan fingerprint density at radius 2 is 2.21 bits per heavy atom. The number of carbonyl (C=O) groups excluding carboxylic acids is 2. The Labute approximate surface area is 142 Å². The predicted octanol–water partition coefficient (Wildman–Crippen LogP) is 0.655. The van der Waals surface area contributed by atoms with E-state index in [-0.39, 0.29) is 24.8 Å². The number of aromatic nitrogens is 2.